The van der Waals surface area contributed by atoms with Crippen LogP contribution < -0.4 is 0 Å². The molecule has 0 aromatic rings. The van der Waals surface area contributed by atoms with E-state index in [1.165, 1.54) is 38.9 Å². The van der Waals surface area contributed by atoms with Crippen LogP contribution in [0.4, 0.5) is 0 Å². The number of rotatable bonds is 3. The third-order valence-electron chi connectivity index (χ3n) is 3.79. The minimum atomic E-state index is 0.471. The molecular formula is C12H23NO. The molecule has 0 aromatic carbocycles. The van der Waals surface area contributed by atoms with Crippen LogP contribution in [0.15, 0.2) is 0 Å². The Morgan fingerprint density at radius 1 is 1.29 bits per heavy atom. The van der Waals surface area contributed by atoms with Crippen molar-refractivity contribution in [2.75, 3.05) is 32.8 Å². The first-order valence-electron chi connectivity index (χ1n) is 6.02. The second-order valence-electron chi connectivity index (χ2n) is 5.43. The summed E-state index contributed by atoms with van der Waals surface area (Å²) in [6.07, 6.45) is 4.19. The smallest absolute Gasteiger partial charge is 0.0554 e. The van der Waals surface area contributed by atoms with Crippen LogP contribution in [-0.4, -0.2) is 37.7 Å². The molecule has 0 atom stereocenters. The van der Waals surface area contributed by atoms with E-state index in [0.29, 0.717) is 5.41 Å². The highest BCUT2D eigenvalue weighted by molar-refractivity contribution is 4.85. The molecule has 2 saturated heterocycles. The van der Waals surface area contributed by atoms with Crippen LogP contribution >= 0.6 is 0 Å². The lowest BCUT2D eigenvalue weighted by Crippen LogP contribution is -2.50. The van der Waals surface area contributed by atoms with Crippen molar-refractivity contribution in [1.82, 2.24) is 4.90 Å². The highest BCUT2D eigenvalue weighted by Crippen LogP contribution is 2.29. The molecule has 2 heteroatoms. The summed E-state index contributed by atoms with van der Waals surface area (Å²) in [5.74, 6) is 0.997. The number of nitrogens with zero attached hydrogens (tertiary/aromatic N) is 1. The van der Waals surface area contributed by atoms with E-state index in [-0.39, 0.29) is 0 Å². The first kappa shape index (κ1) is 10.4. The molecule has 0 aliphatic carbocycles. The predicted molar refractivity (Wildman–Crippen MR) is 58.4 cm³/mol. The van der Waals surface area contributed by atoms with Gasteiger partial charge in [0.15, 0.2) is 0 Å². The van der Waals surface area contributed by atoms with Gasteiger partial charge in [-0.2, -0.15) is 0 Å². The van der Waals surface area contributed by atoms with Crippen LogP contribution in [-0.2, 0) is 4.74 Å². The van der Waals surface area contributed by atoms with Crippen LogP contribution in [0.1, 0.15) is 33.1 Å². The van der Waals surface area contributed by atoms with Gasteiger partial charge in [0, 0.05) is 12.0 Å². The highest BCUT2D eigenvalue weighted by atomic mass is 16.5. The Morgan fingerprint density at radius 3 is 2.36 bits per heavy atom. The summed E-state index contributed by atoms with van der Waals surface area (Å²) in [7, 11) is 0. The first-order valence-corrected chi connectivity index (χ1v) is 6.02. The molecule has 0 aromatic heterocycles. The molecule has 82 valence electrons. The summed E-state index contributed by atoms with van der Waals surface area (Å²) in [6.45, 7) is 10.5. The molecule has 0 bridgehead atoms. The van der Waals surface area contributed by atoms with E-state index < -0.39 is 0 Å². The van der Waals surface area contributed by atoms with Gasteiger partial charge >= 0.3 is 0 Å². The first-order chi connectivity index (χ1) is 6.72. The van der Waals surface area contributed by atoms with Crippen molar-refractivity contribution in [3.05, 3.63) is 0 Å². The topological polar surface area (TPSA) is 12.5 Å². The lowest BCUT2D eigenvalue weighted by atomic mass is 9.86. The van der Waals surface area contributed by atoms with Crippen LogP contribution in [0.2, 0.25) is 0 Å². The molecule has 14 heavy (non-hydrogen) atoms. The highest BCUT2D eigenvalue weighted by Gasteiger charge is 2.35. The molecule has 2 rings (SSSR count). The maximum atomic E-state index is 5.30. The number of hydrogen-bond acceptors (Lipinski definition) is 2. The Morgan fingerprint density at radius 2 is 1.93 bits per heavy atom. The minimum absolute atomic E-state index is 0.471. The Hall–Kier alpha value is -0.0800. The fraction of sp³-hybridized carbons (Fsp3) is 1.00. The Bertz CT molecular complexity index is 181. The summed E-state index contributed by atoms with van der Waals surface area (Å²) < 4.78 is 5.30. The van der Waals surface area contributed by atoms with E-state index in [1.807, 2.05) is 0 Å². The molecule has 0 N–H and O–H groups in total. The van der Waals surface area contributed by atoms with Crippen molar-refractivity contribution in [2.24, 2.45) is 11.3 Å². The lowest BCUT2D eigenvalue weighted by Gasteiger charge is -2.43. The molecule has 2 nitrogen and oxygen atoms in total. The maximum Gasteiger partial charge on any atom is 0.0554 e. The van der Waals surface area contributed by atoms with Gasteiger partial charge in [0.25, 0.3) is 0 Å². The van der Waals surface area contributed by atoms with Crippen molar-refractivity contribution < 1.29 is 4.74 Å². The molecule has 0 unspecified atom stereocenters. The van der Waals surface area contributed by atoms with Crippen LogP contribution in [0.25, 0.3) is 0 Å². The molecule has 2 fully saturated rings. The van der Waals surface area contributed by atoms with E-state index >= 15 is 0 Å². The van der Waals surface area contributed by atoms with Gasteiger partial charge in [-0.3, -0.25) is 0 Å². The van der Waals surface area contributed by atoms with Crippen LogP contribution in [0, 0.1) is 11.3 Å². The molecular weight excluding hydrogens is 174 g/mol. The van der Waals surface area contributed by atoms with Gasteiger partial charge in [0.1, 0.15) is 0 Å². The average molecular weight is 197 g/mol. The van der Waals surface area contributed by atoms with E-state index in [2.05, 4.69) is 18.7 Å². The fourth-order valence-electron chi connectivity index (χ4n) is 2.63. The molecule has 2 aliphatic heterocycles. The second kappa shape index (κ2) is 4.19. The van der Waals surface area contributed by atoms with E-state index in [9.17, 15) is 0 Å². The fourth-order valence-corrected chi connectivity index (χ4v) is 2.63. The molecule has 0 amide bonds. The standard InChI is InChI=1S/C12H23NO/c1-3-11-4-6-13(7-5-11)8-12(2)9-14-10-12/h11H,3-10H2,1-2H3. The lowest BCUT2D eigenvalue weighted by molar-refractivity contribution is -0.117. The van der Waals surface area contributed by atoms with Gasteiger partial charge in [0.05, 0.1) is 13.2 Å². The van der Waals surface area contributed by atoms with E-state index in [1.54, 1.807) is 0 Å². The number of piperidine rings is 1. The predicted octanol–water partition coefficient (Wildman–Crippen LogP) is 2.14. The molecule has 0 radical (unpaired) electrons. The van der Waals surface area contributed by atoms with Crippen molar-refractivity contribution >= 4 is 0 Å². The zero-order chi connectivity index (χ0) is 10.0. The monoisotopic (exact) mass is 197 g/mol. The van der Waals surface area contributed by atoms with Crippen molar-refractivity contribution in [1.29, 1.82) is 0 Å². The molecule has 2 aliphatic rings. The number of hydrogen-bond donors (Lipinski definition) is 0. The Balaban J connectivity index is 1.73. The zero-order valence-corrected chi connectivity index (χ0v) is 9.59. The minimum Gasteiger partial charge on any atom is -0.380 e. The van der Waals surface area contributed by atoms with Gasteiger partial charge in [-0.1, -0.05) is 20.3 Å². The number of ether oxygens (including phenoxy) is 1. The SMILES string of the molecule is CCC1CCN(CC2(C)COC2)CC1. The van der Waals surface area contributed by atoms with Gasteiger partial charge < -0.3 is 9.64 Å². The van der Waals surface area contributed by atoms with Gasteiger partial charge in [0.2, 0.25) is 0 Å². The zero-order valence-electron chi connectivity index (χ0n) is 9.59. The Kier molecular flexibility index (Phi) is 3.13. The van der Waals surface area contributed by atoms with Gasteiger partial charge in [-0.05, 0) is 31.8 Å². The summed E-state index contributed by atoms with van der Waals surface area (Å²) >= 11 is 0. The van der Waals surface area contributed by atoms with Gasteiger partial charge in [-0.25, -0.2) is 0 Å². The van der Waals surface area contributed by atoms with Crippen LogP contribution in [0.3, 0.4) is 0 Å². The average Bonchev–Trinajstić information content (AvgIpc) is 2.17. The van der Waals surface area contributed by atoms with Crippen molar-refractivity contribution in [3.63, 3.8) is 0 Å². The molecule has 0 spiro atoms. The third kappa shape index (κ3) is 2.29. The molecule has 2 heterocycles. The third-order valence-corrected chi connectivity index (χ3v) is 3.79. The second-order valence-corrected chi connectivity index (χ2v) is 5.43. The van der Waals surface area contributed by atoms with Gasteiger partial charge in [-0.15, -0.1) is 0 Å². The normalized spacial score (nSPS) is 28.7. The van der Waals surface area contributed by atoms with Crippen molar-refractivity contribution in [2.45, 2.75) is 33.1 Å². The van der Waals surface area contributed by atoms with Crippen molar-refractivity contribution in [3.8, 4) is 0 Å². The van der Waals surface area contributed by atoms with E-state index in [4.69, 9.17) is 4.74 Å². The summed E-state index contributed by atoms with van der Waals surface area (Å²) in [4.78, 5) is 2.63. The molecule has 0 saturated carbocycles. The Labute approximate surface area is 87.6 Å². The van der Waals surface area contributed by atoms with Crippen LogP contribution in [0.5, 0.6) is 0 Å². The van der Waals surface area contributed by atoms with E-state index in [0.717, 1.165) is 19.1 Å². The number of likely N-dealkylation sites (tertiary alicyclic amines) is 1. The maximum absolute atomic E-state index is 5.30. The largest absolute Gasteiger partial charge is 0.380 e. The quantitative estimate of drug-likeness (QED) is 0.687. The summed E-state index contributed by atoms with van der Waals surface area (Å²) in [5.41, 5.74) is 0.471. The summed E-state index contributed by atoms with van der Waals surface area (Å²) in [6, 6.07) is 0. The summed E-state index contributed by atoms with van der Waals surface area (Å²) in [5, 5.41) is 0.